The third kappa shape index (κ3) is 2.03. The molecule has 1 rings (SSSR count). The Kier molecular flexibility index (Phi) is 2.88. The molecule has 0 aliphatic rings. The molecule has 0 fully saturated rings. The summed E-state index contributed by atoms with van der Waals surface area (Å²) in [5.74, 6) is -0.804. The molecule has 0 spiro atoms. The molecular formula is C7H5F2N3O3. The quantitative estimate of drug-likeness (QED) is 0.467. The Balaban J connectivity index is 3.42. The number of hydrogen-bond acceptors (Lipinski definition) is 5. The predicted molar refractivity (Wildman–Crippen MR) is 45.6 cm³/mol. The van der Waals surface area contributed by atoms with Gasteiger partial charge in [-0.3, -0.25) is 4.79 Å². The number of pyridine rings is 1. The Morgan fingerprint density at radius 1 is 1.60 bits per heavy atom. The van der Waals surface area contributed by atoms with Crippen LogP contribution in [0, 0.1) is 10.1 Å². The van der Waals surface area contributed by atoms with E-state index in [1.165, 1.54) is 0 Å². The zero-order valence-electron chi connectivity index (χ0n) is 7.18. The monoisotopic (exact) mass is 217 g/mol. The molecule has 0 aliphatic carbocycles. The molecule has 8 heteroatoms. The van der Waals surface area contributed by atoms with Crippen molar-refractivity contribution in [1.29, 1.82) is 0 Å². The van der Waals surface area contributed by atoms with Crippen molar-refractivity contribution < 1.29 is 18.5 Å². The van der Waals surface area contributed by atoms with Crippen molar-refractivity contribution in [2.75, 3.05) is 5.73 Å². The van der Waals surface area contributed by atoms with E-state index in [-0.39, 0.29) is 6.29 Å². The highest BCUT2D eigenvalue weighted by molar-refractivity contribution is 5.77. The Morgan fingerprint density at radius 3 is 2.60 bits per heavy atom. The fraction of sp³-hybridized carbons (Fsp3) is 0.143. The van der Waals surface area contributed by atoms with Gasteiger partial charge in [-0.15, -0.1) is 0 Å². The average Bonchev–Trinajstić information content (AvgIpc) is 2.16. The first-order chi connectivity index (χ1) is 6.97. The number of nitrogens with zero attached hydrogens (tertiary/aromatic N) is 2. The van der Waals surface area contributed by atoms with E-state index in [0.29, 0.717) is 6.07 Å². The molecule has 0 aromatic carbocycles. The maximum absolute atomic E-state index is 12.3. The number of nitro groups is 1. The van der Waals surface area contributed by atoms with Crippen LogP contribution < -0.4 is 5.73 Å². The molecular weight excluding hydrogens is 212 g/mol. The van der Waals surface area contributed by atoms with E-state index in [2.05, 4.69) is 4.98 Å². The van der Waals surface area contributed by atoms with Crippen LogP contribution in [0.4, 0.5) is 20.3 Å². The van der Waals surface area contributed by atoms with Gasteiger partial charge in [-0.2, -0.15) is 0 Å². The third-order valence-electron chi connectivity index (χ3n) is 1.61. The molecule has 1 heterocycles. The molecule has 6 nitrogen and oxygen atoms in total. The standard InChI is InChI=1S/C7H5F2N3O3/c8-6(9)3-1-4(10)7(12(14)15)11-5(3)2-13/h1-2,6H,10H2. The summed E-state index contributed by atoms with van der Waals surface area (Å²) in [5, 5.41) is 10.3. The zero-order valence-corrected chi connectivity index (χ0v) is 7.18. The third-order valence-corrected chi connectivity index (χ3v) is 1.61. The Labute approximate surface area is 81.9 Å². The minimum absolute atomic E-state index is 0.0218. The maximum Gasteiger partial charge on any atom is 0.387 e. The van der Waals surface area contributed by atoms with Crippen molar-refractivity contribution in [1.82, 2.24) is 4.98 Å². The van der Waals surface area contributed by atoms with Gasteiger partial charge in [0.25, 0.3) is 6.43 Å². The molecule has 0 saturated heterocycles. The van der Waals surface area contributed by atoms with Gasteiger partial charge in [-0.1, -0.05) is 0 Å². The van der Waals surface area contributed by atoms with Crippen LogP contribution in [-0.2, 0) is 0 Å². The van der Waals surface area contributed by atoms with E-state index < -0.39 is 34.1 Å². The van der Waals surface area contributed by atoms with E-state index >= 15 is 0 Å². The minimum Gasteiger partial charge on any atom is -0.392 e. The second-order valence-electron chi connectivity index (χ2n) is 2.55. The number of hydrogen-bond donors (Lipinski definition) is 1. The fourth-order valence-corrected chi connectivity index (χ4v) is 0.965. The summed E-state index contributed by atoms with van der Waals surface area (Å²) in [6, 6.07) is 0.680. The fourth-order valence-electron chi connectivity index (χ4n) is 0.965. The molecule has 0 saturated carbocycles. The average molecular weight is 217 g/mol. The Bertz CT molecular complexity index is 422. The van der Waals surface area contributed by atoms with Crippen LogP contribution >= 0.6 is 0 Å². The maximum atomic E-state index is 12.3. The summed E-state index contributed by atoms with van der Waals surface area (Å²) < 4.78 is 24.6. The predicted octanol–water partition coefficient (Wildman–Crippen LogP) is 1.32. The van der Waals surface area contributed by atoms with E-state index in [1.807, 2.05) is 0 Å². The van der Waals surface area contributed by atoms with Crippen LogP contribution in [-0.4, -0.2) is 16.2 Å². The number of halogens is 2. The molecule has 0 amide bonds. The van der Waals surface area contributed by atoms with Crippen LogP contribution in [0.5, 0.6) is 0 Å². The van der Waals surface area contributed by atoms with Crippen LogP contribution in [0.1, 0.15) is 22.5 Å². The highest BCUT2D eigenvalue weighted by Gasteiger charge is 2.24. The molecule has 0 unspecified atom stereocenters. The lowest BCUT2D eigenvalue weighted by Gasteiger charge is -2.02. The first-order valence-electron chi connectivity index (χ1n) is 3.65. The van der Waals surface area contributed by atoms with E-state index in [4.69, 9.17) is 5.73 Å². The van der Waals surface area contributed by atoms with Gasteiger partial charge in [-0.25, -0.2) is 8.78 Å². The number of alkyl halides is 2. The molecule has 0 aliphatic heterocycles. The highest BCUT2D eigenvalue weighted by Crippen LogP contribution is 2.27. The first kappa shape index (κ1) is 11.0. The molecule has 1 aromatic rings. The second-order valence-corrected chi connectivity index (χ2v) is 2.55. The molecule has 0 bridgehead atoms. The smallest absolute Gasteiger partial charge is 0.387 e. The topological polar surface area (TPSA) is 99.1 Å². The van der Waals surface area contributed by atoms with Crippen molar-refractivity contribution in [3.63, 3.8) is 0 Å². The molecule has 2 N–H and O–H groups in total. The van der Waals surface area contributed by atoms with E-state index in [1.54, 1.807) is 0 Å². The summed E-state index contributed by atoms with van der Waals surface area (Å²) in [6.07, 6.45) is -2.94. The normalized spacial score (nSPS) is 10.3. The van der Waals surface area contributed by atoms with Crippen LogP contribution in [0.2, 0.25) is 0 Å². The number of aromatic nitrogens is 1. The van der Waals surface area contributed by atoms with Crippen molar-refractivity contribution in [3.8, 4) is 0 Å². The molecule has 1 aromatic heterocycles. The van der Waals surface area contributed by atoms with Gasteiger partial charge >= 0.3 is 5.82 Å². The zero-order chi connectivity index (χ0) is 11.6. The number of carbonyl (C=O) groups excluding carboxylic acids is 1. The largest absolute Gasteiger partial charge is 0.392 e. The summed E-state index contributed by atoms with van der Waals surface area (Å²) in [7, 11) is 0. The van der Waals surface area contributed by atoms with Crippen LogP contribution in [0.15, 0.2) is 6.07 Å². The summed E-state index contributed by atoms with van der Waals surface area (Å²) in [4.78, 5) is 22.9. The second kappa shape index (κ2) is 3.95. The number of anilines is 1. The van der Waals surface area contributed by atoms with Gasteiger partial charge in [0, 0.05) is 0 Å². The number of nitrogen functional groups attached to an aromatic ring is 1. The molecule has 80 valence electrons. The van der Waals surface area contributed by atoms with Crippen molar-refractivity contribution in [3.05, 3.63) is 27.4 Å². The lowest BCUT2D eigenvalue weighted by molar-refractivity contribution is -0.388. The number of aldehydes is 1. The van der Waals surface area contributed by atoms with Crippen LogP contribution in [0.25, 0.3) is 0 Å². The highest BCUT2D eigenvalue weighted by atomic mass is 19.3. The van der Waals surface area contributed by atoms with Crippen molar-refractivity contribution in [2.24, 2.45) is 0 Å². The van der Waals surface area contributed by atoms with Crippen LogP contribution in [0.3, 0.4) is 0 Å². The number of nitrogens with two attached hydrogens (primary N) is 1. The van der Waals surface area contributed by atoms with Gasteiger partial charge in [0.1, 0.15) is 5.69 Å². The van der Waals surface area contributed by atoms with Gasteiger partial charge < -0.3 is 15.8 Å². The van der Waals surface area contributed by atoms with Gasteiger partial charge in [0.2, 0.25) is 5.69 Å². The lowest BCUT2D eigenvalue weighted by Crippen LogP contribution is -2.05. The van der Waals surface area contributed by atoms with Crippen molar-refractivity contribution in [2.45, 2.75) is 6.43 Å². The number of rotatable bonds is 3. The van der Waals surface area contributed by atoms with Gasteiger partial charge in [0.15, 0.2) is 6.29 Å². The Morgan fingerprint density at radius 2 is 2.20 bits per heavy atom. The first-order valence-corrected chi connectivity index (χ1v) is 3.65. The Hall–Kier alpha value is -2.12. The summed E-state index contributed by atoms with van der Waals surface area (Å²) in [6.45, 7) is 0. The lowest BCUT2D eigenvalue weighted by atomic mass is 10.2. The van der Waals surface area contributed by atoms with E-state index in [9.17, 15) is 23.7 Å². The summed E-state index contributed by atoms with van der Waals surface area (Å²) >= 11 is 0. The van der Waals surface area contributed by atoms with Gasteiger partial charge in [0.05, 0.1) is 5.56 Å². The SMILES string of the molecule is Nc1cc(C(F)F)c(C=O)nc1[N+](=O)[O-]. The van der Waals surface area contributed by atoms with Gasteiger partial charge in [-0.05, 0) is 16.0 Å². The van der Waals surface area contributed by atoms with E-state index in [0.717, 1.165) is 0 Å². The molecule has 0 atom stereocenters. The number of carbonyl (C=O) groups is 1. The molecule has 0 radical (unpaired) electrons. The minimum atomic E-state index is -2.96. The van der Waals surface area contributed by atoms with Crippen molar-refractivity contribution >= 4 is 17.8 Å². The molecule has 15 heavy (non-hydrogen) atoms. The summed E-state index contributed by atoms with van der Waals surface area (Å²) in [5.41, 5.74) is 3.24.